The largest absolute Gasteiger partial charge is 0.378 e. The molecular formula is C19H21ClN4OS. The number of amides is 1. The molecule has 1 heterocycles. The lowest BCUT2D eigenvalue weighted by molar-refractivity contribution is -0.118. The lowest BCUT2D eigenvalue weighted by Crippen LogP contribution is -2.35. The van der Waals surface area contributed by atoms with Crippen molar-refractivity contribution in [3.8, 4) is 0 Å². The Bertz CT molecular complexity index is 790. The molecule has 136 valence electrons. The highest BCUT2D eigenvalue weighted by Gasteiger charge is 2.21. The van der Waals surface area contributed by atoms with Crippen molar-refractivity contribution in [3.63, 3.8) is 0 Å². The standard InChI is InChI=1S/C19H21ClN4OS/c1-24(2)16-9-3-13(4-10-16)11-21-18(25)17-12-26-19(23-17)22-15-7-5-14(20)6-8-15/h3-10,12,19,22-23H,11H2,1-2H3,(H,21,25). The summed E-state index contributed by atoms with van der Waals surface area (Å²) in [6.45, 7) is 0.492. The van der Waals surface area contributed by atoms with Gasteiger partial charge in [0.25, 0.3) is 5.91 Å². The van der Waals surface area contributed by atoms with E-state index in [4.69, 9.17) is 11.6 Å². The number of nitrogens with one attached hydrogen (secondary N) is 3. The number of anilines is 2. The van der Waals surface area contributed by atoms with Gasteiger partial charge >= 0.3 is 0 Å². The summed E-state index contributed by atoms with van der Waals surface area (Å²) in [5.41, 5.74) is 3.61. The van der Waals surface area contributed by atoms with Gasteiger partial charge in [0.15, 0.2) is 0 Å². The number of carbonyl (C=O) groups is 1. The van der Waals surface area contributed by atoms with Crippen LogP contribution in [-0.2, 0) is 11.3 Å². The van der Waals surface area contributed by atoms with Gasteiger partial charge in [0.2, 0.25) is 0 Å². The smallest absolute Gasteiger partial charge is 0.268 e. The third-order valence-electron chi connectivity index (χ3n) is 3.90. The van der Waals surface area contributed by atoms with E-state index >= 15 is 0 Å². The maximum atomic E-state index is 12.3. The second kappa shape index (κ2) is 8.38. The van der Waals surface area contributed by atoms with Crippen molar-refractivity contribution in [2.24, 2.45) is 0 Å². The van der Waals surface area contributed by atoms with E-state index in [9.17, 15) is 4.79 Å². The number of carbonyl (C=O) groups excluding carboxylic acids is 1. The molecule has 1 atom stereocenters. The van der Waals surface area contributed by atoms with Crippen molar-refractivity contribution in [2.45, 2.75) is 12.0 Å². The molecule has 1 unspecified atom stereocenters. The average molecular weight is 389 g/mol. The van der Waals surface area contributed by atoms with E-state index in [0.717, 1.165) is 16.9 Å². The zero-order valence-electron chi connectivity index (χ0n) is 14.6. The molecule has 26 heavy (non-hydrogen) atoms. The van der Waals surface area contributed by atoms with Crippen molar-refractivity contribution in [3.05, 3.63) is 70.2 Å². The first kappa shape index (κ1) is 18.5. The molecule has 2 aromatic carbocycles. The lowest BCUT2D eigenvalue weighted by atomic mass is 10.2. The van der Waals surface area contributed by atoms with E-state index in [2.05, 4.69) is 16.0 Å². The van der Waals surface area contributed by atoms with Crippen LogP contribution in [0.1, 0.15) is 5.56 Å². The Kier molecular flexibility index (Phi) is 5.96. The average Bonchev–Trinajstić information content (AvgIpc) is 3.10. The Balaban J connectivity index is 1.47. The van der Waals surface area contributed by atoms with Crippen LogP contribution in [0, 0.1) is 0 Å². The van der Waals surface area contributed by atoms with Crippen molar-refractivity contribution in [1.29, 1.82) is 0 Å². The molecule has 0 fully saturated rings. The molecule has 0 aromatic heterocycles. The van der Waals surface area contributed by atoms with Crippen LogP contribution in [0.25, 0.3) is 0 Å². The number of hydrogen-bond donors (Lipinski definition) is 3. The van der Waals surface area contributed by atoms with Crippen LogP contribution in [0.5, 0.6) is 0 Å². The fourth-order valence-corrected chi connectivity index (χ4v) is 3.39. The molecule has 3 N–H and O–H groups in total. The summed E-state index contributed by atoms with van der Waals surface area (Å²) in [7, 11) is 4.00. The zero-order valence-corrected chi connectivity index (χ0v) is 16.2. The van der Waals surface area contributed by atoms with E-state index in [0.29, 0.717) is 17.3 Å². The minimum absolute atomic E-state index is 0.0868. The van der Waals surface area contributed by atoms with Gasteiger partial charge in [-0.25, -0.2) is 0 Å². The van der Waals surface area contributed by atoms with Crippen LogP contribution < -0.4 is 20.9 Å². The highest BCUT2D eigenvalue weighted by molar-refractivity contribution is 8.03. The molecule has 0 spiro atoms. The van der Waals surface area contributed by atoms with Crippen LogP contribution in [0.2, 0.25) is 5.02 Å². The topological polar surface area (TPSA) is 56.4 Å². The highest BCUT2D eigenvalue weighted by atomic mass is 35.5. The number of halogens is 1. The van der Waals surface area contributed by atoms with Crippen molar-refractivity contribution < 1.29 is 4.79 Å². The lowest BCUT2D eigenvalue weighted by Gasteiger charge is -2.16. The minimum Gasteiger partial charge on any atom is -0.378 e. The molecule has 1 amide bonds. The van der Waals surface area contributed by atoms with Crippen LogP contribution in [0.15, 0.2) is 59.6 Å². The fraction of sp³-hybridized carbons (Fsp3) is 0.211. The Morgan fingerprint density at radius 2 is 1.85 bits per heavy atom. The third kappa shape index (κ3) is 4.86. The Hall–Kier alpha value is -2.31. The summed E-state index contributed by atoms with van der Waals surface area (Å²) in [6.07, 6.45) is 0. The molecule has 0 saturated carbocycles. The molecule has 2 aromatic rings. The number of benzene rings is 2. The van der Waals surface area contributed by atoms with Gasteiger partial charge in [-0.05, 0) is 42.0 Å². The monoisotopic (exact) mass is 388 g/mol. The van der Waals surface area contributed by atoms with E-state index in [-0.39, 0.29) is 11.4 Å². The summed E-state index contributed by atoms with van der Waals surface area (Å²) in [5.74, 6) is -0.116. The predicted octanol–water partition coefficient (Wildman–Crippen LogP) is 3.60. The van der Waals surface area contributed by atoms with Gasteiger partial charge in [0, 0.05) is 42.4 Å². The predicted molar refractivity (Wildman–Crippen MR) is 110 cm³/mol. The second-order valence-corrected chi connectivity index (χ2v) is 7.50. The maximum Gasteiger partial charge on any atom is 0.268 e. The Morgan fingerprint density at radius 1 is 1.15 bits per heavy atom. The number of thioether (sulfide) groups is 1. The third-order valence-corrected chi connectivity index (χ3v) is 5.03. The van der Waals surface area contributed by atoms with E-state index < -0.39 is 0 Å². The molecule has 0 saturated heterocycles. The first-order valence-corrected chi connectivity index (χ1v) is 9.52. The first-order chi connectivity index (χ1) is 12.5. The molecule has 1 aliphatic heterocycles. The summed E-state index contributed by atoms with van der Waals surface area (Å²) in [5, 5.41) is 11.9. The number of hydrogen-bond acceptors (Lipinski definition) is 5. The second-order valence-electron chi connectivity index (χ2n) is 6.09. The Labute approximate surface area is 162 Å². The molecule has 7 heteroatoms. The number of rotatable bonds is 6. The van der Waals surface area contributed by atoms with Gasteiger partial charge in [0.05, 0.1) is 0 Å². The van der Waals surface area contributed by atoms with Gasteiger partial charge in [-0.15, -0.1) is 0 Å². The van der Waals surface area contributed by atoms with Gasteiger partial charge in [-0.2, -0.15) is 0 Å². The molecule has 0 radical (unpaired) electrons. The minimum atomic E-state index is -0.116. The fourth-order valence-electron chi connectivity index (χ4n) is 2.42. The first-order valence-electron chi connectivity index (χ1n) is 8.20. The van der Waals surface area contributed by atoms with Crippen LogP contribution in [-0.4, -0.2) is 25.5 Å². The molecular weight excluding hydrogens is 368 g/mol. The quantitative estimate of drug-likeness (QED) is 0.706. The highest BCUT2D eigenvalue weighted by Crippen LogP contribution is 2.23. The van der Waals surface area contributed by atoms with Gasteiger partial charge in [-0.3, -0.25) is 4.79 Å². The van der Waals surface area contributed by atoms with Crippen molar-refractivity contribution in [2.75, 3.05) is 24.3 Å². The normalized spacial score (nSPS) is 15.8. The van der Waals surface area contributed by atoms with Gasteiger partial charge in [-0.1, -0.05) is 35.5 Å². The van der Waals surface area contributed by atoms with Crippen LogP contribution in [0.4, 0.5) is 11.4 Å². The van der Waals surface area contributed by atoms with Crippen LogP contribution >= 0.6 is 23.4 Å². The van der Waals surface area contributed by atoms with Crippen LogP contribution in [0.3, 0.4) is 0 Å². The molecule has 0 aliphatic carbocycles. The summed E-state index contributed by atoms with van der Waals surface area (Å²) in [4.78, 5) is 14.4. The maximum absolute atomic E-state index is 12.3. The number of nitrogens with zero attached hydrogens (tertiary/aromatic N) is 1. The van der Waals surface area contributed by atoms with E-state index in [1.165, 1.54) is 11.8 Å². The van der Waals surface area contributed by atoms with Crippen molar-refractivity contribution in [1.82, 2.24) is 10.6 Å². The SMILES string of the molecule is CN(C)c1ccc(CNC(=O)C2=CSC(Nc3ccc(Cl)cc3)N2)cc1. The zero-order chi connectivity index (χ0) is 18.5. The molecule has 0 bridgehead atoms. The van der Waals surface area contributed by atoms with Gasteiger partial charge in [0.1, 0.15) is 11.2 Å². The molecule has 5 nitrogen and oxygen atoms in total. The van der Waals surface area contributed by atoms with E-state index in [1.54, 1.807) is 0 Å². The Morgan fingerprint density at radius 3 is 2.50 bits per heavy atom. The summed E-state index contributed by atoms with van der Waals surface area (Å²) in [6, 6.07) is 15.6. The molecule has 3 rings (SSSR count). The van der Waals surface area contributed by atoms with Crippen molar-refractivity contribution >= 4 is 40.6 Å². The molecule has 1 aliphatic rings. The van der Waals surface area contributed by atoms with Gasteiger partial charge < -0.3 is 20.9 Å². The summed E-state index contributed by atoms with van der Waals surface area (Å²) >= 11 is 7.41. The summed E-state index contributed by atoms with van der Waals surface area (Å²) < 4.78 is 0. The van der Waals surface area contributed by atoms with E-state index in [1.807, 2.05) is 72.9 Å².